The fourth-order valence-electron chi connectivity index (χ4n) is 3.00. The average Bonchev–Trinajstić information content (AvgIpc) is 2.66. The highest BCUT2D eigenvalue weighted by Crippen LogP contribution is 2.35. The molecule has 1 unspecified atom stereocenters. The van der Waals surface area contributed by atoms with Crippen LogP contribution in [0.15, 0.2) is 54.6 Å². The number of rotatable bonds is 6. The van der Waals surface area contributed by atoms with Crippen LogP contribution >= 0.6 is 11.6 Å². The Morgan fingerprint density at radius 2 is 1.73 bits per heavy atom. The number of nitrogens with zero attached hydrogens (tertiary/aromatic N) is 2. The van der Waals surface area contributed by atoms with Gasteiger partial charge in [0.2, 0.25) is 5.95 Å². The van der Waals surface area contributed by atoms with Crippen LogP contribution in [0.5, 0.6) is 11.5 Å². The number of ether oxygens (including phenoxy) is 1. The molecule has 0 fully saturated rings. The summed E-state index contributed by atoms with van der Waals surface area (Å²) in [4.78, 5) is 8.68. The fourth-order valence-corrected chi connectivity index (χ4v) is 3.35. The molecule has 134 valence electrons. The summed E-state index contributed by atoms with van der Waals surface area (Å²) in [5, 5.41) is 0.600. The molecule has 0 aliphatic heterocycles. The van der Waals surface area contributed by atoms with E-state index in [-0.39, 0.29) is 11.9 Å². The number of para-hydroxylation sites is 1. The zero-order valence-electron chi connectivity index (χ0n) is 14.9. The van der Waals surface area contributed by atoms with E-state index in [0.29, 0.717) is 11.4 Å². The molecule has 0 aliphatic rings. The molecule has 1 heterocycles. The van der Waals surface area contributed by atoms with Gasteiger partial charge in [0, 0.05) is 5.92 Å². The molecule has 3 rings (SSSR count). The minimum Gasteiger partial charge on any atom is -0.457 e. The van der Waals surface area contributed by atoms with Gasteiger partial charge >= 0.3 is 0 Å². The van der Waals surface area contributed by atoms with Crippen molar-refractivity contribution >= 4 is 17.5 Å². The molecule has 0 saturated carbocycles. The first kappa shape index (κ1) is 18.2. The van der Waals surface area contributed by atoms with Crippen molar-refractivity contribution in [2.45, 2.75) is 32.6 Å². The van der Waals surface area contributed by atoms with Crippen LogP contribution in [0.3, 0.4) is 0 Å². The maximum absolute atomic E-state index is 6.56. The van der Waals surface area contributed by atoms with Crippen LogP contribution in [0.4, 0.5) is 5.95 Å². The van der Waals surface area contributed by atoms with Crippen molar-refractivity contribution in [3.63, 3.8) is 0 Å². The second kappa shape index (κ2) is 8.19. The normalized spacial score (nSPS) is 12.0. The number of anilines is 1. The molecule has 1 aromatic heterocycles. The van der Waals surface area contributed by atoms with Gasteiger partial charge in [-0.25, -0.2) is 9.97 Å². The van der Waals surface area contributed by atoms with Gasteiger partial charge in [0.25, 0.3) is 0 Å². The second-order valence-corrected chi connectivity index (χ2v) is 6.41. The molecule has 0 amide bonds. The lowest BCUT2D eigenvalue weighted by Gasteiger charge is -2.19. The van der Waals surface area contributed by atoms with Gasteiger partial charge in [-0.3, -0.25) is 0 Å². The molecule has 4 nitrogen and oxygen atoms in total. The standard InChI is InChI=1S/C21H22ClN3O/c1-3-17(20-19(22)18(4-2)24-21(23)25-20)14-9-8-12-16(13-14)26-15-10-6-5-7-11-15/h5-13,17H,3-4H2,1-2H3,(H2,23,24,25). The summed E-state index contributed by atoms with van der Waals surface area (Å²) in [6.07, 6.45) is 1.56. The van der Waals surface area contributed by atoms with Gasteiger partial charge in [0.1, 0.15) is 11.5 Å². The number of nitrogen functional groups attached to an aromatic ring is 1. The number of halogens is 1. The minimum atomic E-state index is 0.0254. The molecule has 0 saturated heterocycles. The monoisotopic (exact) mass is 367 g/mol. The summed E-state index contributed by atoms with van der Waals surface area (Å²) >= 11 is 6.56. The highest BCUT2D eigenvalue weighted by atomic mass is 35.5. The summed E-state index contributed by atoms with van der Waals surface area (Å²) in [5.74, 6) is 1.87. The first-order valence-corrected chi connectivity index (χ1v) is 9.14. The van der Waals surface area contributed by atoms with Gasteiger partial charge < -0.3 is 10.5 Å². The molecule has 5 heteroatoms. The Labute approximate surface area is 159 Å². The third-order valence-electron chi connectivity index (χ3n) is 4.28. The highest BCUT2D eigenvalue weighted by molar-refractivity contribution is 6.32. The maximum atomic E-state index is 6.56. The second-order valence-electron chi connectivity index (χ2n) is 6.03. The molecule has 0 spiro atoms. The number of benzene rings is 2. The van der Waals surface area contributed by atoms with E-state index in [4.69, 9.17) is 22.1 Å². The van der Waals surface area contributed by atoms with Crippen molar-refractivity contribution in [3.8, 4) is 11.5 Å². The van der Waals surface area contributed by atoms with Gasteiger partial charge in [0.05, 0.1) is 16.4 Å². The van der Waals surface area contributed by atoms with E-state index in [2.05, 4.69) is 23.0 Å². The Bertz CT molecular complexity index is 884. The van der Waals surface area contributed by atoms with Crippen molar-refractivity contribution in [1.82, 2.24) is 9.97 Å². The molecule has 0 bridgehead atoms. The van der Waals surface area contributed by atoms with Gasteiger partial charge in [-0.2, -0.15) is 0 Å². The first-order valence-electron chi connectivity index (χ1n) is 8.77. The van der Waals surface area contributed by atoms with E-state index in [1.165, 1.54) is 0 Å². The van der Waals surface area contributed by atoms with Crippen molar-refractivity contribution in [2.75, 3.05) is 5.73 Å². The lowest BCUT2D eigenvalue weighted by Crippen LogP contribution is -2.09. The summed E-state index contributed by atoms with van der Waals surface area (Å²) in [6, 6.07) is 17.7. The fraction of sp³-hybridized carbons (Fsp3) is 0.238. The Morgan fingerprint density at radius 1 is 1.00 bits per heavy atom. The molecule has 3 aromatic rings. The molecular weight excluding hydrogens is 346 g/mol. The van der Waals surface area contributed by atoms with Crippen molar-refractivity contribution < 1.29 is 4.74 Å². The first-order chi connectivity index (χ1) is 12.6. The van der Waals surface area contributed by atoms with Crippen molar-refractivity contribution in [3.05, 3.63) is 76.6 Å². The molecule has 2 N–H and O–H groups in total. The van der Waals surface area contributed by atoms with E-state index >= 15 is 0 Å². The number of aryl methyl sites for hydroxylation is 1. The summed E-state index contributed by atoms with van der Waals surface area (Å²) in [7, 11) is 0. The van der Waals surface area contributed by atoms with E-state index in [1.807, 2.05) is 55.5 Å². The smallest absolute Gasteiger partial charge is 0.220 e. The minimum absolute atomic E-state index is 0.0254. The average molecular weight is 368 g/mol. The Balaban J connectivity index is 1.97. The molecule has 0 radical (unpaired) electrons. The van der Waals surface area contributed by atoms with E-state index < -0.39 is 0 Å². The zero-order valence-corrected chi connectivity index (χ0v) is 15.7. The predicted octanol–water partition coefficient (Wildman–Crippen LogP) is 5.61. The Hall–Kier alpha value is -2.59. The van der Waals surface area contributed by atoms with Gasteiger partial charge in [-0.15, -0.1) is 0 Å². The SMILES string of the molecule is CCc1nc(N)nc(C(CC)c2cccc(Oc3ccccc3)c2)c1Cl. The van der Waals surface area contributed by atoms with Crippen molar-refractivity contribution in [1.29, 1.82) is 0 Å². The van der Waals surface area contributed by atoms with Crippen LogP contribution in [0.2, 0.25) is 5.02 Å². The third-order valence-corrected chi connectivity index (χ3v) is 4.69. The Morgan fingerprint density at radius 3 is 2.42 bits per heavy atom. The van der Waals surface area contributed by atoms with Crippen LogP contribution in [-0.4, -0.2) is 9.97 Å². The summed E-state index contributed by atoms with van der Waals surface area (Å²) in [5.41, 5.74) is 8.54. The van der Waals surface area contributed by atoms with E-state index in [0.717, 1.165) is 34.9 Å². The van der Waals surface area contributed by atoms with E-state index in [9.17, 15) is 0 Å². The van der Waals surface area contributed by atoms with Crippen LogP contribution < -0.4 is 10.5 Å². The third kappa shape index (κ3) is 3.97. The van der Waals surface area contributed by atoms with Crippen LogP contribution in [0.25, 0.3) is 0 Å². The number of hydrogen-bond acceptors (Lipinski definition) is 4. The largest absolute Gasteiger partial charge is 0.457 e. The summed E-state index contributed by atoms with van der Waals surface area (Å²) < 4.78 is 5.96. The molecule has 26 heavy (non-hydrogen) atoms. The van der Waals surface area contributed by atoms with Crippen molar-refractivity contribution in [2.24, 2.45) is 0 Å². The van der Waals surface area contributed by atoms with Crippen LogP contribution in [-0.2, 0) is 6.42 Å². The summed E-state index contributed by atoms with van der Waals surface area (Å²) in [6.45, 7) is 4.11. The van der Waals surface area contributed by atoms with Gasteiger partial charge in [-0.05, 0) is 42.7 Å². The number of hydrogen-bond donors (Lipinski definition) is 1. The topological polar surface area (TPSA) is 61.0 Å². The molecule has 2 aromatic carbocycles. The maximum Gasteiger partial charge on any atom is 0.220 e. The quantitative estimate of drug-likeness (QED) is 0.615. The lowest BCUT2D eigenvalue weighted by molar-refractivity contribution is 0.481. The van der Waals surface area contributed by atoms with E-state index in [1.54, 1.807) is 0 Å². The predicted molar refractivity (Wildman–Crippen MR) is 106 cm³/mol. The van der Waals surface area contributed by atoms with Gasteiger partial charge in [0.15, 0.2) is 0 Å². The Kier molecular flexibility index (Phi) is 5.74. The van der Waals surface area contributed by atoms with Crippen LogP contribution in [0.1, 0.15) is 43.1 Å². The lowest BCUT2D eigenvalue weighted by atomic mass is 9.92. The van der Waals surface area contributed by atoms with Crippen LogP contribution in [0, 0.1) is 0 Å². The molecule has 0 aliphatic carbocycles. The highest BCUT2D eigenvalue weighted by Gasteiger charge is 2.21. The van der Waals surface area contributed by atoms with Gasteiger partial charge in [-0.1, -0.05) is 55.8 Å². The molecular formula is C21H22ClN3O. The number of aromatic nitrogens is 2. The molecule has 1 atom stereocenters. The number of nitrogens with two attached hydrogens (primary N) is 1. The zero-order chi connectivity index (χ0) is 18.5.